The van der Waals surface area contributed by atoms with Gasteiger partial charge in [0.1, 0.15) is 17.2 Å². The maximum atomic E-state index is 12.5. The van der Waals surface area contributed by atoms with Gasteiger partial charge in [-0.1, -0.05) is 19.0 Å². The van der Waals surface area contributed by atoms with Crippen molar-refractivity contribution >= 4 is 17.3 Å². The Kier molecular flexibility index (Phi) is 3.32. The fourth-order valence-corrected chi connectivity index (χ4v) is 6.76. The average molecular weight is 333 g/mol. The van der Waals surface area contributed by atoms with Crippen LogP contribution in [-0.4, -0.2) is 33.2 Å². The summed E-state index contributed by atoms with van der Waals surface area (Å²) in [6.45, 7) is 4.17. The quantitative estimate of drug-likeness (QED) is 0.527. The fraction of sp³-hybridized carbons (Fsp3) is 0.842. The number of Topliss-reactive ketones (excluding diaryl/α,β-unsaturated/α-hetero) is 2. The summed E-state index contributed by atoms with van der Waals surface area (Å²) in [5.74, 6) is 1.27. The monoisotopic (exact) mass is 333 g/mol. The minimum Gasteiger partial charge on any atom is -0.411 e. The van der Waals surface area contributed by atoms with Gasteiger partial charge in [0.25, 0.3) is 0 Å². The molecule has 6 atom stereocenters. The van der Waals surface area contributed by atoms with Gasteiger partial charge in [-0.2, -0.15) is 0 Å². The Bertz CT molecular complexity index is 643. The number of carbonyl (C=O) groups is 2. The third-order valence-corrected chi connectivity index (χ3v) is 8.31. The normalized spacial score (nSPS) is 52.8. The van der Waals surface area contributed by atoms with Crippen LogP contribution in [0.5, 0.6) is 0 Å². The highest BCUT2D eigenvalue weighted by Crippen LogP contribution is 2.65. The Morgan fingerprint density at radius 1 is 1.08 bits per heavy atom. The summed E-state index contributed by atoms with van der Waals surface area (Å²) >= 11 is 0. The molecule has 4 rings (SSSR count). The van der Waals surface area contributed by atoms with Crippen LogP contribution in [0.1, 0.15) is 65.2 Å². The van der Waals surface area contributed by atoms with E-state index in [-0.39, 0.29) is 29.5 Å². The smallest absolute Gasteiger partial charge is 0.139 e. The second kappa shape index (κ2) is 4.90. The Morgan fingerprint density at radius 3 is 2.54 bits per heavy atom. The molecule has 0 aromatic rings. The highest BCUT2D eigenvalue weighted by atomic mass is 16.4. The van der Waals surface area contributed by atoms with E-state index in [2.05, 4.69) is 19.0 Å². The van der Waals surface area contributed by atoms with Crippen LogP contribution in [0.15, 0.2) is 5.16 Å². The van der Waals surface area contributed by atoms with Gasteiger partial charge in [-0.05, 0) is 49.9 Å². The molecular weight excluding hydrogens is 306 g/mol. The standard InChI is InChI=1S/C19H27NO4/c1-17-7-6-14-12(13(17)3-4-16(17)22)9-15(20-24)19(23)10-11(21)5-8-18(14,19)2/h12-14,23-24H,3-10H2,1-2H3/b20-15+/t12-,13-,14-,17-,18+,19-/m0/s1. The molecule has 0 saturated heterocycles. The zero-order valence-corrected chi connectivity index (χ0v) is 14.5. The van der Waals surface area contributed by atoms with E-state index in [9.17, 15) is 19.9 Å². The largest absolute Gasteiger partial charge is 0.411 e. The molecule has 4 aliphatic rings. The highest BCUT2D eigenvalue weighted by molar-refractivity contribution is 5.99. The molecule has 5 heteroatoms. The molecule has 24 heavy (non-hydrogen) atoms. The fourth-order valence-electron chi connectivity index (χ4n) is 6.76. The average Bonchev–Trinajstić information content (AvgIpc) is 2.84. The summed E-state index contributed by atoms with van der Waals surface area (Å²) in [6.07, 6.45) is 5.04. The van der Waals surface area contributed by atoms with Gasteiger partial charge < -0.3 is 10.3 Å². The predicted octanol–water partition coefficient (Wildman–Crippen LogP) is 2.72. The van der Waals surface area contributed by atoms with Gasteiger partial charge in [0.2, 0.25) is 0 Å². The van der Waals surface area contributed by atoms with Crippen molar-refractivity contribution in [2.24, 2.45) is 33.7 Å². The number of hydrogen-bond donors (Lipinski definition) is 2. The predicted molar refractivity (Wildman–Crippen MR) is 87.8 cm³/mol. The third kappa shape index (κ3) is 1.77. The van der Waals surface area contributed by atoms with Crippen LogP contribution >= 0.6 is 0 Å². The summed E-state index contributed by atoms with van der Waals surface area (Å²) in [5, 5.41) is 24.4. The van der Waals surface area contributed by atoms with Crippen molar-refractivity contribution in [1.29, 1.82) is 0 Å². The molecule has 5 nitrogen and oxygen atoms in total. The number of carbonyl (C=O) groups excluding carboxylic acids is 2. The zero-order chi connectivity index (χ0) is 17.3. The molecular formula is C19H27NO4. The summed E-state index contributed by atoms with van der Waals surface area (Å²) in [5.41, 5.74) is -1.66. The number of fused-ring (bicyclic) bond motifs is 5. The number of oxime groups is 1. The first-order valence-corrected chi connectivity index (χ1v) is 9.25. The molecule has 132 valence electrons. The molecule has 0 aliphatic heterocycles. The SMILES string of the molecule is C[C@]12CC[C@H]3[C@@H](C/C(=N\O)[C@@]4(O)CC(=O)CC[C@]34C)[C@@H]1CCC2=O. The Balaban J connectivity index is 1.78. The Hall–Kier alpha value is -1.23. The molecule has 4 fully saturated rings. The molecule has 0 aromatic carbocycles. The number of ketones is 2. The van der Waals surface area contributed by atoms with E-state index in [1.54, 1.807) is 0 Å². The highest BCUT2D eigenvalue weighted by Gasteiger charge is 2.67. The van der Waals surface area contributed by atoms with Crippen molar-refractivity contribution in [3.63, 3.8) is 0 Å². The number of hydrogen-bond acceptors (Lipinski definition) is 5. The van der Waals surface area contributed by atoms with Crippen LogP contribution in [0.25, 0.3) is 0 Å². The molecule has 0 radical (unpaired) electrons. The summed E-state index contributed by atoms with van der Waals surface area (Å²) in [7, 11) is 0. The van der Waals surface area contributed by atoms with Gasteiger partial charge in [-0.25, -0.2) is 0 Å². The molecule has 0 unspecified atom stereocenters. The molecule has 0 bridgehead atoms. The van der Waals surface area contributed by atoms with Crippen molar-refractivity contribution in [2.45, 2.75) is 70.8 Å². The molecule has 0 aromatic heterocycles. The van der Waals surface area contributed by atoms with E-state index in [4.69, 9.17) is 0 Å². The third-order valence-electron chi connectivity index (χ3n) is 8.31. The lowest BCUT2D eigenvalue weighted by atomic mass is 9.43. The van der Waals surface area contributed by atoms with Crippen LogP contribution in [0.4, 0.5) is 0 Å². The van der Waals surface area contributed by atoms with E-state index < -0.39 is 11.0 Å². The summed E-state index contributed by atoms with van der Waals surface area (Å²) < 4.78 is 0. The van der Waals surface area contributed by atoms with E-state index in [1.165, 1.54) is 0 Å². The van der Waals surface area contributed by atoms with Crippen LogP contribution in [0.2, 0.25) is 0 Å². The topological polar surface area (TPSA) is 87.0 Å². The van der Waals surface area contributed by atoms with Gasteiger partial charge >= 0.3 is 0 Å². The zero-order valence-electron chi connectivity index (χ0n) is 14.5. The van der Waals surface area contributed by atoms with E-state index in [0.717, 1.165) is 19.3 Å². The minimum atomic E-state index is -1.32. The Morgan fingerprint density at radius 2 is 1.83 bits per heavy atom. The van der Waals surface area contributed by atoms with Gasteiger partial charge in [0.15, 0.2) is 0 Å². The molecule has 0 heterocycles. The van der Waals surface area contributed by atoms with Crippen molar-refractivity contribution in [3.05, 3.63) is 0 Å². The number of nitrogens with zero attached hydrogens (tertiary/aromatic N) is 1. The van der Waals surface area contributed by atoms with Crippen molar-refractivity contribution in [1.82, 2.24) is 0 Å². The van der Waals surface area contributed by atoms with E-state index in [1.807, 2.05) is 0 Å². The second-order valence-corrected chi connectivity index (χ2v) is 9.04. The Labute approximate surface area is 142 Å². The van der Waals surface area contributed by atoms with Crippen LogP contribution in [0.3, 0.4) is 0 Å². The molecule has 2 N–H and O–H groups in total. The molecule has 4 aliphatic carbocycles. The first-order valence-electron chi connectivity index (χ1n) is 9.25. The van der Waals surface area contributed by atoms with Crippen molar-refractivity contribution in [2.75, 3.05) is 0 Å². The molecule has 4 saturated carbocycles. The second-order valence-electron chi connectivity index (χ2n) is 9.04. The maximum absolute atomic E-state index is 12.5. The van der Waals surface area contributed by atoms with Crippen LogP contribution in [0, 0.1) is 28.6 Å². The van der Waals surface area contributed by atoms with Gasteiger partial charge in [0.05, 0.1) is 5.71 Å². The lowest BCUT2D eigenvalue weighted by molar-refractivity contribution is -0.162. The molecule has 0 amide bonds. The minimum absolute atomic E-state index is 0.0475. The van der Waals surface area contributed by atoms with Gasteiger partial charge in [-0.15, -0.1) is 0 Å². The van der Waals surface area contributed by atoms with E-state index >= 15 is 0 Å². The van der Waals surface area contributed by atoms with E-state index in [0.29, 0.717) is 43.1 Å². The summed E-state index contributed by atoms with van der Waals surface area (Å²) in [4.78, 5) is 24.5. The van der Waals surface area contributed by atoms with Crippen molar-refractivity contribution < 1.29 is 19.9 Å². The first kappa shape index (κ1) is 16.2. The van der Waals surface area contributed by atoms with Crippen LogP contribution < -0.4 is 0 Å². The maximum Gasteiger partial charge on any atom is 0.139 e. The van der Waals surface area contributed by atoms with Gasteiger partial charge in [0, 0.05) is 30.1 Å². The van der Waals surface area contributed by atoms with Crippen molar-refractivity contribution in [3.8, 4) is 0 Å². The molecule has 0 spiro atoms. The lowest BCUT2D eigenvalue weighted by Gasteiger charge is -2.62. The van der Waals surface area contributed by atoms with Crippen LogP contribution in [-0.2, 0) is 9.59 Å². The first-order chi connectivity index (χ1) is 11.3. The lowest BCUT2D eigenvalue weighted by Crippen LogP contribution is -2.66. The van der Waals surface area contributed by atoms with Gasteiger partial charge in [-0.3, -0.25) is 9.59 Å². The number of aliphatic hydroxyl groups is 1. The summed E-state index contributed by atoms with van der Waals surface area (Å²) in [6, 6.07) is 0. The number of rotatable bonds is 0.